The highest BCUT2D eigenvalue weighted by molar-refractivity contribution is 9.10. The molecule has 0 unspecified atom stereocenters. The Morgan fingerprint density at radius 1 is 0.429 bits per heavy atom. The molecule has 49 heavy (non-hydrogen) atoms. The van der Waals surface area contributed by atoms with Crippen LogP contribution in [0.25, 0.3) is 31.3 Å². The van der Waals surface area contributed by atoms with Gasteiger partial charge in [0.25, 0.3) is 0 Å². The largest absolute Gasteiger partial charge is 0.310 e. The number of thiophene rings is 1. The number of fused-ring (bicyclic) bond motifs is 6. The lowest BCUT2D eigenvalue weighted by Crippen LogP contribution is -2.17. The van der Waals surface area contributed by atoms with Crippen LogP contribution in [0.15, 0.2) is 168 Å². The Labute approximate surface area is 299 Å². The Balaban J connectivity index is 1.23. The highest BCUT2D eigenvalue weighted by Gasteiger charge is 2.35. The SMILES string of the molecule is CC1(C)c2ccccc2-c2ccc(N(c3ccccc3)c3cc(Br)cc(N(c4ccccc4)c4ccc5sc6ccccc6c5c4)c3)cc21. The Morgan fingerprint density at radius 2 is 0.980 bits per heavy atom. The minimum atomic E-state index is -0.0959. The second-order valence-corrected chi connectivity index (χ2v) is 15.2. The summed E-state index contributed by atoms with van der Waals surface area (Å²) in [4.78, 5) is 4.75. The highest BCUT2D eigenvalue weighted by Crippen LogP contribution is 2.51. The number of hydrogen-bond donors (Lipinski definition) is 0. The summed E-state index contributed by atoms with van der Waals surface area (Å²) in [5.41, 5.74) is 11.9. The summed E-state index contributed by atoms with van der Waals surface area (Å²) >= 11 is 5.79. The first kappa shape index (κ1) is 29.9. The third-order valence-corrected chi connectivity index (χ3v) is 11.5. The van der Waals surface area contributed by atoms with Crippen molar-refractivity contribution in [2.45, 2.75) is 19.3 Å². The third kappa shape index (κ3) is 5.06. The van der Waals surface area contributed by atoms with Gasteiger partial charge < -0.3 is 9.80 Å². The molecular formula is C45H33BrN2S. The van der Waals surface area contributed by atoms with Crippen LogP contribution in [0.1, 0.15) is 25.0 Å². The molecule has 2 nitrogen and oxygen atoms in total. The molecule has 0 amide bonds. The van der Waals surface area contributed by atoms with Crippen molar-refractivity contribution < 1.29 is 0 Å². The molecule has 1 heterocycles. The molecule has 9 rings (SSSR count). The lowest BCUT2D eigenvalue weighted by molar-refractivity contribution is 0.660. The average Bonchev–Trinajstić information content (AvgIpc) is 3.61. The number of anilines is 6. The second kappa shape index (κ2) is 11.8. The summed E-state index contributed by atoms with van der Waals surface area (Å²) in [6.07, 6.45) is 0. The van der Waals surface area contributed by atoms with Gasteiger partial charge in [-0.2, -0.15) is 0 Å². The highest BCUT2D eigenvalue weighted by atomic mass is 79.9. The first-order chi connectivity index (χ1) is 24.0. The van der Waals surface area contributed by atoms with Crippen LogP contribution < -0.4 is 9.80 Å². The van der Waals surface area contributed by atoms with Gasteiger partial charge in [0.2, 0.25) is 0 Å². The lowest BCUT2D eigenvalue weighted by Gasteiger charge is -2.30. The monoisotopic (exact) mass is 712 g/mol. The van der Waals surface area contributed by atoms with Gasteiger partial charge in [-0.3, -0.25) is 0 Å². The van der Waals surface area contributed by atoms with E-state index < -0.39 is 0 Å². The normalized spacial score (nSPS) is 13.0. The molecule has 4 heteroatoms. The fourth-order valence-corrected chi connectivity index (χ4v) is 9.11. The van der Waals surface area contributed by atoms with E-state index in [2.05, 4.69) is 203 Å². The van der Waals surface area contributed by atoms with Crippen LogP contribution >= 0.6 is 27.3 Å². The van der Waals surface area contributed by atoms with Crippen LogP contribution in [0.4, 0.5) is 34.1 Å². The van der Waals surface area contributed by atoms with Gasteiger partial charge in [0.15, 0.2) is 0 Å². The van der Waals surface area contributed by atoms with Gasteiger partial charge in [-0.15, -0.1) is 11.3 Å². The Morgan fingerprint density at radius 3 is 1.69 bits per heavy atom. The van der Waals surface area contributed by atoms with Crippen LogP contribution in [0, 0.1) is 0 Å². The molecule has 0 fully saturated rings. The van der Waals surface area contributed by atoms with Gasteiger partial charge in [0.1, 0.15) is 0 Å². The summed E-state index contributed by atoms with van der Waals surface area (Å²) in [5.74, 6) is 0. The fourth-order valence-electron chi connectivity index (χ4n) is 7.55. The quantitative estimate of drug-likeness (QED) is 0.169. The van der Waals surface area contributed by atoms with Crippen LogP contribution in [-0.4, -0.2) is 0 Å². The topological polar surface area (TPSA) is 6.48 Å². The molecule has 1 aliphatic rings. The van der Waals surface area contributed by atoms with E-state index in [9.17, 15) is 0 Å². The summed E-state index contributed by atoms with van der Waals surface area (Å²) in [6, 6.07) is 59.5. The van der Waals surface area contributed by atoms with Crippen molar-refractivity contribution in [3.63, 3.8) is 0 Å². The molecule has 7 aromatic carbocycles. The van der Waals surface area contributed by atoms with E-state index in [1.807, 2.05) is 11.3 Å². The Hall–Kier alpha value is -5.16. The van der Waals surface area contributed by atoms with Crippen molar-refractivity contribution in [2.24, 2.45) is 0 Å². The zero-order chi connectivity index (χ0) is 33.1. The molecule has 0 spiro atoms. The number of benzene rings is 7. The molecule has 1 aromatic heterocycles. The zero-order valence-electron chi connectivity index (χ0n) is 27.3. The van der Waals surface area contributed by atoms with Crippen molar-refractivity contribution >= 4 is 81.6 Å². The fraction of sp³-hybridized carbons (Fsp3) is 0.0667. The van der Waals surface area contributed by atoms with Crippen molar-refractivity contribution in [3.05, 3.63) is 179 Å². The van der Waals surface area contributed by atoms with E-state index in [1.165, 1.54) is 42.4 Å². The molecule has 1 aliphatic carbocycles. The van der Waals surface area contributed by atoms with E-state index in [4.69, 9.17) is 0 Å². The molecule has 0 radical (unpaired) electrons. The summed E-state index contributed by atoms with van der Waals surface area (Å²) in [5, 5.41) is 2.58. The molecular weight excluding hydrogens is 680 g/mol. The smallest absolute Gasteiger partial charge is 0.0493 e. The van der Waals surface area contributed by atoms with E-state index in [0.29, 0.717) is 0 Å². The molecule has 0 saturated heterocycles. The molecule has 0 saturated carbocycles. The van der Waals surface area contributed by atoms with Gasteiger partial charge >= 0.3 is 0 Å². The molecule has 0 aliphatic heterocycles. The lowest BCUT2D eigenvalue weighted by atomic mass is 9.82. The first-order valence-corrected chi connectivity index (χ1v) is 18.2. The van der Waals surface area contributed by atoms with Gasteiger partial charge in [-0.1, -0.05) is 115 Å². The molecule has 8 aromatic rings. The minimum Gasteiger partial charge on any atom is -0.310 e. The van der Waals surface area contributed by atoms with Crippen molar-refractivity contribution in [2.75, 3.05) is 9.80 Å². The Kier molecular flexibility index (Phi) is 7.19. The number of para-hydroxylation sites is 2. The van der Waals surface area contributed by atoms with Crippen molar-refractivity contribution in [1.29, 1.82) is 0 Å². The summed E-state index contributed by atoms with van der Waals surface area (Å²) in [6.45, 7) is 4.69. The predicted molar refractivity (Wildman–Crippen MR) is 214 cm³/mol. The first-order valence-electron chi connectivity index (χ1n) is 16.6. The number of nitrogens with zero attached hydrogens (tertiary/aromatic N) is 2. The predicted octanol–water partition coefficient (Wildman–Crippen LogP) is 14.1. The van der Waals surface area contributed by atoms with E-state index in [-0.39, 0.29) is 5.41 Å². The number of hydrogen-bond acceptors (Lipinski definition) is 3. The number of halogens is 1. The average molecular weight is 714 g/mol. The van der Waals surface area contributed by atoms with Crippen molar-refractivity contribution in [3.8, 4) is 11.1 Å². The minimum absolute atomic E-state index is 0.0959. The van der Waals surface area contributed by atoms with Crippen LogP contribution in [0.2, 0.25) is 0 Å². The van der Waals surface area contributed by atoms with E-state index >= 15 is 0 Å². The molecule has 0 atom stereocenters. The maximum atomic E-state index is 3.94. The van der Waals surface area contributed by atoms with Gasteiger partial charge in [-0.05, 0) is 101 Å². The van der Waals surface area contributed by atoms with E-state index in [1.54, 1.807) is 0 Å². The van der Waals surface area contributed by atoms with Crippen molar-refractivity contribution in [1.82, 2.24) is 0 Å². The van der Waals surface area contributed by atoms with Crippen LogP contribution in [0.5, 0.6) is 0 Å². The maximum absolute atomic E-state index is 3.94. The molecule has 0 N–H and O–H groups in total. The third-order valence-electron chi connectivity index (χ3n) is 9.86. The van der Waals surface area contributed by atoms with E-state index in [0.717, 1.165) is 38.6 Å². The molecule has 0 bridgehead atoms. The van der Waals surface area contributed by atoms with Crippen LogP contribution in [0.3, 0.4) is 0 Å². The van der Waals surface area contributed by atoms with Gasteiger partial charge in [0.05, 0.1) is 0 Å². The second-order valence-electron chi connectivity index (χ2n) is 13.2. The summed E-state index contributed by atoms with van der Waals surface area (Å²) < 4.78 is 3.62. The van der Waals surface area contributed by atoms with Crippen LogP contribution in [-0.2, 0) is 5.41 Å². The van der Waals surface area contributed by atoms with Gasteiger partial charge in [0, 0.05) is 64.2 Å². The van der Waals surface area contributed by atoms with Gasteiger partial charge in [-0.25, -0.2) is 0 Å². The maximum Gasteiger partial charge on any atom is 0.0493 e. The Bertz CT molecular complexity index is 2500. The number of rotatable bonds is 6. The molecule has 236 valence electrons. The zero-order valence-corrected chi connectivity index (χ0v) is 29.7. The summed E-state index contributed by atoms with van der Waals surface area (Å²) in [7, 11) is 0. The standard InChI is InChI=1S/C45H33BrN2S/c1-45(2)41-19-11-9-17-37(41)38-23-21-34(29-42(38)45)48(32-15-7-4-8-16-32)36-26-30(46)25-35(27-36)47(31-13-5-3-6-14-31)33-22-24-44-40(28-33)39-18-10-12-20-43(39)49-44/h3-29H,1-2H3.